The van der Waals surface area contributed by atoms with Gasteiger partial charge in [-0.15, -0.1) is 0 Å². The van der Waals surface area contributed by atoms with Gasteiger partial charge in [-0.2, -0.15) is 0 Å². The molecule has 4 aromatic carbocycles. The second-order valence-corrected chi connectivity index (χ2v) is 22.2. The van der Waals surface area contributed by atoms with Gasteiger partial charge in [0.25, 0.3) is 0 Å². The van der Waals surface area contributed by atoms with E-state index in [0.717, 1.165) is 39.3 Å². The van der Waals surface area contributed by atoms with Crippen LogP contribution in [-0.2, 0) is 0 Å². The molecule has 0 saturated carbocycles. The topological polar surface area (TPSA) is 9.72 Å². The predicted octanol–water partition coefficient (Wildman–Crippen LogP) is 6.53. The van der Waals surface area contributed by atoms with Crippen molar-refractivity contribution in [3.63, 3.8) is 0 Å². The molecule has 0 atom stereocenters. The first kappa shape index (κ1) is 33.0. The Kier molecular flexibility index (Phi) is 11.3. The molecule has 0 bridgehead atoms. The fourth-order valence-electron chi connectivity index (χ4n) is 7.15. The standard InChI is InChI=1S/3C11H16N.C6H5.Sn/c3*1-4-12(5-2)11-8-6-7-10(3)9-11;1-2-4-6-5-3-1;/h3*6,8-9H,4-5H2,1-3H3;1-5H;. The van der Waals surface area contributed by atoms with Crippen LogP contribution in [0.25, 0.3) is 0 Å². The molecule has 4 rings (SSSR count). The fraction of sp³-hybridized carbons (Fsp3) is 0.385. The second kappa shape index (κ2) is 14.7. The van der Waals surface area contributed by atoms with Crippen molar-refractivity contribution >= 4 is 49.8 Å². The van der Waals surface area contributed by atoms with Gasteiger partial charge in [0.1, 0.15) is 0 Å². The van der Waals surface area contributed by atoms with Crippen LogP contribution in [0.5, 0.6) is 0 Å². The second-order valence-electron chi connectivity index (χ2n) is 11.6. The number of nitrogens with zero attached hydrogens (tertiary/aromatic N) is 3. The molecule has 0 saturated heterocycles. The Hall–Kier alpha value is -2.92. The summed E-state index contributed by atoms with van der Waals surface area (Å²) in [7, 11) is 0. The van der Waals surface area contributed by atoms with Crippen LogP contribution in [0, 0.1) is 20.8 Å². The van der Waals surface area contributed by atoms with E-state index < -0.39 is 18.4 Å². The average molecular weight is 683 g/mol. The van der Waals surface area contributed by atoms with Crippen LogP contribution in [0.1, 0.15) is 58.2 Å². The third-order valence-electron chi connectivity index (χ3n) is 9.43. The van der Waals surface area contributed by atoms with Crippen LogP contribution in [0.15, 0.2) is 84.9 Å². The van der Waals surface area contributed by atoms with E-state index in [-0.39, 0.29) is 0 Å². The van der Waals surface area contributed by atoms with E-state index in [0.29, 0.717) is 0 Å². The van der Waals surface area contributed by atoms with Gasteiger partial charge in [0, 0.05) is 0 Å². The number of benzene rings is 4. The van der Waals surface area contributed by atoms with Crippen LogP contribution in [0.4, 0.5) is 17.1 Å². The monoisotopic (exact) mass is 683 g/mol. The molecule has 228 valence electrons. The van der Waals surface area contributed by atoms with Gasteiger partial charge in [-0.05, 0) is 0 Å². The molecule has 0 aliphatic heterocycles. The van der Waals surface area contributed by atoms with Crippen LogP contribution < -0.4 is 29.0 Å². The number of hydrogen-bond donors (Lipinski definition) is 0. The Labute approximate surface area is 266 Å². The van der Waals surface area contributed by atoms with Gasteiger partial charge >= 0.3 is 268 Å². The van der Waals surface area contributed by atoms with Crippen molar-refractivity contribution in [2.45, 2.75) is 62.3 Å². The summed E-state index contributed by atoms with van der Waals surface area (Å²) in [6.45, 7) is 26.7. The Morgan fingerprint density at radius 3 is 0.977 bits per heavy atom. The Bertz CT molecular complexity index is 1340. The van der Waals surface area contributed by atoms with Crippen LogP contribution in [-0.4, -0.2) is 57.6 Å². The minimum absolute atomic E-state index is 1.01. The van der Waals surface area contributed by atoms with Gasteiger partial charge in [0.05, 0.1) is 0 Å². The first-order chi connectivity index (χ1) is 20.8. The van der Waals surface area contributed by atoms with Crippen molar-refractivity contribution in [3.8, 4) is 0 Å². The molecule has 0 spiro atoms. The number of rotatable bonds is 13. The van der Waals surface area contributed by atoms with Crippen LogP contribution in [0.2, 0.25) is 0 Å². The minimum atomic E-state index is -3.87. The first-order valence-electron chi connectivity index (χ1n) is 16.4. The summed E-state index contributed by atoms with van der Waals surface area (Å²) >= 11 is -3.87. The Morgan fingerprint density at radius 1 is 0.419 bits per heavy atom. The molecular weight excluding hydrogens is 629 g/mol. The summed E-state index contributed by atoms with van der Waals surface area (Å²) in [4.78, 5) is 7.39. The van der Waals surface area contributed by atoms with Gasteiger partial charge in [-0.25, -0.2) is 0 Å². The predicted molar refractivity (Wildman–Crippen MR) is 195 cm³/mol. The van der Waals surface area contributed by atoms with Crippen molar-refractivity contribution < 1.29 is 0 Å². The first-order valence-corrected chi connectivity index (χ1v) is 22.1. The summed E-state index contributed by atoms with van der Waals surface area (Å²) < 4.78 is 6.16. The van der Waals surface area contributed by atoms with Crippen molar-refractivity contribution in [2.75, 3.05) is 54.0 Å². The molecule has 3 nitrogen and oxygen atoms in total. The maximum atomic E-state index is 2.50. The summed E-state index contributed by atoms with van der Waals surface area (Å²) in [6.07, 6.45) is 0. The summed E-state index contributed by atoms with van der Waals surface area (Å²) in [5.74, 6) is 0. The molecule has 0 aliphatic rings. The quantitative estimate of drug-likeness (QED) is 0.149. The van der Waals surface area contributed by atoms with E-state index in [1.165, 1.54) is 37.3 Å². The maximum absolute atomic E-state index is 3.87. The Balaban J connectivity index is 2.13. The zero-order chi connectivity index (χ0) is 31.1. The van der Waals surface area contributed by atoms with Gasteiger partial charge in [-0.1, -0.05) is 0 Å². The van der Waals surface area contributed by atoms with E-state index in [1.54, 1.807) is 10.7 Å². The molecule has 0 fully saturated rings. The van der Waals surface area contributed by atoms with Gasteiger partial charge < -0.3 is 0 Å². The zero-order valence-electron chi connectivity index (χ0n) is 28.2. The molecule has 0 radical (unpaired) electrons. The molecule has 0 amide bonds. The third kappa shape index (κ3) is 6.34. The van der Waals surface area contributed by atoms with Gasteiger partial charge in [0.2, 0.25) is 0 Å². The van der Waals surface area contributed by atoms with Crippen molar-refractivity contribution in [2.24, 2.45) is 0 Å². The number of hydrogen-bond acceptors (Lipinski definition) is 3. The van der Waals surface area contributed by atoms with Gasteiger partial charge in [-0.3, -0.25) is 0 Å². The third-order valence-corrected chi connectivity index (χ3v) is 24.6. The Morgan fingerprint density at radius 2 is 0.721 bits per heavy atom. The van der Waals surface area contributed by atoms with Gasteiger partial charge in [0.15, 0.2) is 0 Å². The molecule has 0 heterocycles. The zero-order valence-corrected chi connectivity index (χ0v) is 31.0. The van der Waals surface area contributed by atoms with Crippen LogP contribution in [0.3, 0.4) is 0 Å². The van der Waals surface area contributed by atoms with Crippen molar-refractivity contribution in [1.82, 2.24) is 0 Å². The molecule has 0 aliphatic carbocycles. The summed E-state index contributed by atoms with van der Waals surface area (Å²) in [6, 6.07) is 33.6. The fourth-order valence-corrected chi connectivity index (χ4v) is 22.8. The molecular formula is C39H53N3Sn. The molecule has 43 heavy (non-hydrogen) atoms. The molecule has 0 aromatic heterocycles. The SMILES string of the molecule is CCN(CC)c1cc[c]([Sn]([c]2ccccc2)([c]2ccc(N(CC)CC)cc2C)[c]2ccc(N(CC)CC)cc2C)c(C)c1. The van der Waals surface area contributed by atoms with E-state index in [2.05, 4.69) is 162 Å². The van der Waals surface area contributed by atoms with Crippen molar-refractivity contribution in [1.29, 1.82) is 0 Å². The molecule has 0 unspecified atom stereocenters. The normalized spacial score (nSPS) is 11.5. The van der Waals surface area contributed by atoms with E-state index >= 15 is 0 Å². The van der Waals surface area contributed by atoms with E-state index in [4.69, 9.17) is 0 Å². The number of anilines is 3. The number of aryl methyl sites for hydroxylation is 3. The van der Waals surface area contributed by atoms with E-state index in [9.17, 15) is 0 Å². The average Bonchev–Trinajstić information content (AvgIpc) is 3.02. The van der Waals surface area contributed by atoms with E-state index in [1.807, 2.05) is 0 Å². The summed E-state index contributed by atoms with van der Waals surface area (Å²) in [5.41, 5.74) is 8.18. The van der Waals surface area contributed by atoms with Crippen LogP contribution >= 0.6 is 0 Å². The molecule has 4 aromatic rings. The van der Waals surface area contributed by atoms with Crippen molar-refractivity contribution in [3.05, 3.63) is 102 Å². The molecule has 4 heteroatoms. The molecule has 0 N–H and O–H groups in total. The summed E-state index contributed by atoms with van der Waals surface area (Å²) in [5, 5.41) is 0.